The molecule has 3 heterocycles. The van der Waals surface area contributed by atoms with Crippen LogP contribution in [0.4, 0.5) is 13.2 Å². The van der Waals surface area contributed by atoms with E-state index in [0.717, 1.165) is 37.9 Å². The highest BCUT2D eigenvalue weighted by atomic mass is 19.4. The summed E-state index contributed by atoms with van der Waals surface area (Å²) in [5.41, 5.74) is 0.505. The number of rotatable bonds is 3. The number of aryl methyl sites for hydroxylation is 1. The topological polar surface area (TPSA) is 41.4 Å². The molecule has 0 bridgehead atoms. The summed E-state index contributed by atoms with van der Waals surface area (Å²) >= 11 is 0. The highest BCUT2D eigenvalue weighted by Gasteiger charge is 2.32. The van der Waals surface area contributed by atoms with Gasteiger partial charge in [0.05, 0.1) is 5.56 Å². The first-order chi connectivity index (χ1) is 13.8. The van der Waals surface area contributed by atoms with Gasteiger partial charge in [-0.3, -0.25) is 4.79 Å². The highest BCUT2D eigenvalue weighted by molar-refractivity contribution is 5.92. The molecule has 29 heavy (non-hydrogen) atoms. The Morgan fingerprint density at radius 1 is 1.21 bits per heavy atom. The van der Waals surface area contributed by atoms with Crippen molar-refractivity contribution in [3.05, 3.63) is 53.1 Å². The Bertz CT molecular complexity index is 884. The van der Waals surface area contributed by atoms with Crippen LogP contribution in [0.3, 0.4) is 0 Å². The summed E-state index contributed by atoms with van der Waals surface area (Å²) in [5.74, 6) is 0.761. The number of carbonyl (C=O) groups is 1. The fourth-order valence-corrected chi connectivity index (χ4v) is 4.22. The van der Waals surface area contributed by atoms with E-state index in [2.05, 4.69) is 16.8 Å². The van der Waals surface area contributed by atoms with Gasteiger partial charge in [0, 0.05) is 51.3 Å². The Hall–Kier alpha value is -2.35. The number of imidazole rings is 1. The van der Waals surface area contributed by atoms with Gasteiger partial charge in [0.15, 0.2) is 0 Å². The quantitative estimate of drug-likeness (QED) is 0.785. The molecule has 0 N–H and O–H groups in total. The molecule has 1 atom stereocenters. The van der Waals surface area contributed by atoms with Gasteiger partial charge in [-0.2, -0.15) is 13.2 Å². The number of amides is 1. The molecule has 2 aliphatic rings. The van der Waals surface area contributed by atoms with Crippen LogP contribution >= 0.6 is 0 Å². The molecule has 0 saturated carbocycles. The van der Waals surface area contributed by atoms with Crippen LogP contribution < -0.4 is 0 Å². The van der Waals surface area contributed by atoms with Crippen LogP contribution in [-0.4, -0.2) is 58.0 Å². The van der Waals surface area contributed by atoms with Crippen molar-refractivity contribution in [1.29, 1.82) is 0 Å². The maximum atomic E-state index is 13.0. The number of alkyl halides is 3. The van der Waals surface area contributed by atoms with Gasteiger partial charge in [-0.05, 0) is 24.6 Å². The van der Waals surface area contributed by atoms with Gasteiger partial charge in [0.1, 0.15) is 11.5 Å². The van der Waals surface area contributed by atoms with Crippen molar-refractivity contribution in [2.45, 2.75) is 38.4 Å². The lowest BCUT2D eigenvalue weighted by Crippen LogP contribution is -2.48. The molecule has 5 nitrogen and oxygen atoms in total. The van der Waals surface area contributed by atoms with Gasteiger partial charge in [-0.1, -0.05) is 25.1 Å². The second-order valence-corrected chi connectivity index (χ2v) is 7.78. The van der Waals surface area contributed by atoms with Crippen LogP contribution in [-0.2, 0) is 19.1 Å². The molecule has 1 fully saturated rings. The molecule has 156 valence electrons. The van der Waals surface area contributed by atoms with Gasteiger partial charge < -0.3 is 14.4 Å². The van der Waals surface area contributed by atoms with E-state index in [-0.39, 0.29) is 11.8 Å². The van der Waals surface area contributed by atoms with Crippen molar-refractivity contribution in [1.82, 2.24) is 19.4 Å². The zero-order valence-corrected chi connectivity index (χ0v) is 16.5. The van der Waals surface area contributed by atoms with Crippen molar-refractivity contribution in [2.75, 3.05) is 32.7 Å². The van der Waals surface area contributed by atoms with Crippen molar-refractivity contribution in [2.24, 2.45) is 0 Å². The smallest absolute Gasteiger partial charge is 0.335 e. The van der Waals surface area contributed by atoms with Gasteiger partial charge in [-0.25, -0.2) is 4.98 Å². The predicted octanol–water partition coefficient (Wildman–Crippen LogP) is 3.41. The molecule has 0 spiro atoms. The average Bonchev–Trinajstić information content (AvgIpc) is 3.16. The predicted molar refractivity (Wildman–Crippen MR) is 103 cm³/mol. The van der Waals surface area contributed by atoms with E-state index < -0.39 is 11.7 Å². The van der Waals surface area contributed by atoms with Crippen LogP contribution in [0, 0.1) is 0 Å². The Morgan fingerprint density at radius 2 is 1.97 bits per heavy atom. The van der Waals surface area contributed by atoms with E-state index in [1.165, 1.54) is 12.1 Å². The number of fused-ring (bicyclic) bond motifs is 1. The Labute approximate surface area is 168 Å². The zero-order chi connectivity index (χ0) is 20.6. The molecule has 0 unspecified atom stereocenters. The monoisotopic (exact) mass is 406 g/mol. The number of hydrogen-bond acceptors (Lipinski definition) is 3. The Morgan fingerprint density at radius 3 is 2.66 bits per heavy atom. The highest BCUT2D eigenvalue weighted by Crippen LogP contribution is 2.34. The third kappa shape index (κ3) is 4.17. The van der Waals surface area contributed by atoms with Gasteiger partial charge >= 0.3 is 6.18 Å². The third-order valence-electron chi connectivity index (χ3n) is 6.00. The van der Waals surface area contributed by atoms with Gasteiger partial charge in [0.2, 0.25) is 0 Å². The molecule has 4 rings (SSSR count). The van der Waals surface area contributed by atoms with Crippen molar-refractivity contribution >= 4 is 5.91 Å². The summed E-state index contributed by atoms with van der Waals surface area (Å²) in [7, 11) is 0. The minimum Gasteiger partial charge on any atom is -0.335 e. The van der Waals surface area contributed by atoms with E-state index in [4.69, 9.17) is 0 Å². The number of aromatic nitrogens is 2. The molecule has 1 saturated heterocycles. The zero-order valence-electron chi connectivity index (χ0n) is 16.5. The van der Waals surface area contributed by atoms with Crippen LogP contribution in [0.15, 0.2) is 30.5 Å². The van der Waals surface area contributed by atoms with E-state index in [0.29, 0.717) is 37.3 Å². The molecular weight excluding hydrogens is 381 g/mol. The molecule has 2 aromatic rings. The Kier molecular flexibility index (Phi) is 5.38. The third-order valence-corrected chi connectivity index (χ3v) is 6.00. The lowest BCUT2D eigenvalue weighted by atomic mass is 9.90. The van der Waals surface area contributed by atoms with Gasteiger partial charge in [0.25, 0.3) is 5.91 Å². The second kappa shape index (κ2) is 7.82. The number of benzene rings is 1. The summed E-state index contributed by atoms with van der Waals surface area (Å²) in [6.07, 6.45) is -1.20. The average molecular weight is 406 g/mol. The van der Waals surface area contributed by atoms with E-state index >= 15 is 0 Å². The molecular formula is C21H25F3N4O. The fourth-order valence-electron chi connectivity index (χ4n) is 4.22. The Balaban J connectivity index is 1.47. The summed E-state index contributed by atoms with van der Waals surface area (Å²) in [5, 5.41) is 0. The maximum Gasteiger partial charge on any atom is 0.416 e. The summed E-state index contributed by atoms with van der Waals surface area (Å²) in [4.78, 5) is 21.5. The number of hydrogen-bond donors (Lipinski definition) is 0. The fraction of sp³-hybridized carbons (Fsp3) is 0.524. The second-order valence-electron chi connectivity index (χ2n) is 7.78. The lowest BCUT2D eigenvalue weighted by Gasteiger charge is -2.33. The maximum absolute atomic E-state index is 13.0. The van der Waals surface area contributed by atoms with E-state index in [1.807, 2.05) is 9.47 Å². The largest absolute Gasteiger partial charge is 0.416 e. The summed E-state index contributed by atoms with van der Waals surface area (Å²) < 4.78 is 41.0. The number of carbonyl (C=O) groups excluding carboxylic acids is 1. The van der Waals surface area contributed by atoms with E-state index in [1.54, 1.807) is 12.3 Å². The van der Waals surface area contributed by atoms with Gasteiger partial charge in [-0.15, -0.1) is 0 Å². The van der Waals surface area contributed by atoms with Crippen molar-refractivity contribution < 1.29 is 18.0 Å². The normalized spacial score (nSPS) is 20.6. The first kappa shape index (κ1) is 19.9. The summed E-state index contributed by atoms with van der Waals surface area (Å²) in [6.45, 7) is 6.77. The van der Waals surface area contributed by atoms with Crippen molar-refractivity contribution in [3.8, 4) is 0 Å². The first-order valence-corrected chi connectivity index (χ1v) is 10.1. The van der Waals surface area contributed by atoms with Crippen LogP contribution in [0.2, 0.25) is 0 Å². The van der Waals surface area contributed by atoms with Crippen LogP contribution in [0.25, 0.3) is 0 Å². The lowest BCUT2D eigenvalue weighted by molar-refractivity contribution is -0.137. The molecule has 1 amide bonds. The first-order valence-electron chi connectivity index (χ1n) is 10.1. The van der Waals surface area contributed by atoms with E-state index in [9.17, 15) is 18.0 Å². The molecule has 0 radical (unpaired) electrons. The molecule has 8 heteroatoms. The molecule has 0 aliphatic carbocycles. The van der Waals surface area contributed by atoms with Crippen molar-refractivity contribution in [3.63, 3.8) is 0 Å². The molecule has 1 aromatic carbocycles. The number of likely N-dealkylation sites (N-methyl/N-ethyl adjacent to an activating group) is 1. The van der Waals surface area contributed by atoms with Crippen LogP contribution in [0.5, 0.6) is 0 Å². The SMILES string of the molecule is CCN1CCN(C(=O)c2cn3c(n2)CC[C@H](c2cccc(C(F)(F)F)c2)C3)CC1. The minimum absolute atomic E-state index is 0.0185. The minimum atomic E-state index is -4.34. The standard InChI is InChI=1S/C21H25F3N4O/c1-2-26-8-10-27(11-9-26)20(29)18-14-28-13-16(6-7-19(28)25-18)15-4-3-5-17(12-15)21(22,23)24/h3-5,12,14,16H,2,6-11,13H2,1H3/t16-/m0/s1. The number of nitrogens with zero attached hydrogens (tertiary/aromatic N) is 4. The van der Waals surface area contributed by atoms with Crippen LogP contribution in [0.1, 0.15) is 46.7 Å². The number of halogens is 3. The molecule has 1 aromatic heterocycles. The summed E-state index contributed by atoms with van der Waals surface area (Å²) in [6, 6.07) is 5.56. The number of piperazine rings is 1. The molecule has 2 aliphatic heterocycles.